The van der Waals surface area contributed by atoms with E-state index in [1.165, 1.54) is 55.6 Å². The summed E-state index contributed by atoms with van der Waals surface area (Å²) in [6.45, 7) is 4.44. The Labute approximate surface area is 196 Å². The highest BCUT2D eigenvalue weighted by atomic mass is 15.2. The van der Waals surface area contributed by atoms with Crippen molar-refractivity contribution in [2.45, 2.75) is 38.4 Å². The third-order valence-corrected chi connectivity index (χ3v) is 7.53. The lowest BCUT2D eigenvalue weighted by Crippen LogP contribution is -2.24. The Morgan fingerprint density at radius 1 is 0.727 bits per heavy atom. The van der Waals surface area contributed by atoms with Crippen molar-refractivity contribution in [1.29, 1.82) is 0 Å². The van der Waals surface area contributed by atoms with E-state index in [-0.39, 0.29) is 6.04 Å². The summed E-state index contributed by atoms with van der Waals surface area (Å²) < 4.78 is 0. The molecule has 3 unspecified atom stereocenters. The van der Waals surface area contributed by atoms with Crippen molar-refractivity contribution >= 4 is 0 Å². The normalized spacial score (nSPS) is 19.1. The highest BCUT2D eigenvalue weighted by Crippen LogP contribution is 2.48. The fourth-order valence-electron chi connectivity index (χ4n) is 5.90. The number of rotatable bonds is 5. The largest absolute Gasteiger partial charge is 0.312 e. The van der Waals surface area contributed by atoms with Gasteiger partial charge in [0.05, 0.1) is 6.04 Å². The van der Waals surface area contributed by atoms with Gasteiger partial charge in [0.2, 0.25) is 0 Å². The highest BCUT2D eigenvalue weighted by Gasteiger charge is 2.45. The van der Waals surface area contributed by atoms with Gasteiger partial charge < -0.3 is 10.6 Å². The number of benzene rings is 4. The zero-order valence-corrected chi connectivity index (χ0v) is 19.5. The molecule has 2 heteroatoms. The highest BCUT2D eigenvalue weighted by molar-refractivity contribution is 5.80. The van der Waals surface area contributed by atoms with E-state index in [0.717, 1.165) is 6.42 Å². The van der Waals surface area contributed by atoms with Gasteiger partial charge in [-0.15, -0.1) is 0 Å². The van der Waals surface area contributed by atoms with Gasteiger partial charge in [0.25, 0.3) is 0 Å². The smallest absolute Gasteiger partial charge is 0.0504 e. The van der Waals surface area contributed by atoms with Gasteiger partial charge in [0.15, 0.2) is 0 Å². The molecule has 2 aliphatic rings. The van der Waals surface area contributed by atoms with Crippen molar-refractivity contribution in [2.24, 2.45) is 0 Å². The molecule has 0 amide bonds. The third-order valence-electron chi connectivity index (χ3n) is 7.53. The molecule has 4 aromatic rings. The molecule has 0 aromatic heterocycles. The van der Waals surface area contributed by atoms with Crippen molar-refractivity contribution in [3.63, 3.8) is 0 Å². The summed E-state index contributed by atoms with van der Waals surface area (Å²) in [7, 11) is 2.09. The Balaban J connectivity index is 1.40. The van der Waals surface area contributed by atoms with Crippen molar-refractivity contribution in [3.8, 4) is 22.3 Å². The van der Waals surface area contributed by atoms with Crippen LogP contribution >= 0.6 is 0 Å². The summed E-state index contributed by atoms with van der Waals surface area (Å²) in [5.74, 6) is 0. The van der Waals surface area contributed by atoms with E-state index >= 15 is 0 Å². The van der Waals surface area contributed by atoms with Crippen LogP contribution in [0.5, 0.6) is 0 Å². The summed E-state index contributed by atoms with van der Waals surface area (Å²) in [5.41, 5.74) is 13.9. The Morgan fingerprint density at radius 3 is 2.24 bits per heavy atom. The molecule has 1 heterocycles. The first kappa shape index (κ1) is 20.4. The molecule has 6 rings (SSSR count). The fourth-order valence-corrected chi connectivity index (χ4v) is 5.90. The Hall–Kier alpha value is -3.20. The average Bonchev–Trinajstić information content (AvgIpc) is 3.51. The monoisotopic (exact) mass is 430 g/mol. The number of nitrogens with one attached hydrogen (secondary N) is 2. The van der Waals surface area contributed by atoms with Crippen LogP contribution in [-0.2, 0) is 6.42 Å². The first-order valence-corrected chi connectivity index (χ1v) is 12.0. The molecule has 2 N–H and O–H groups in total. The number of hydrogen-bond acceptors (Lipinski definition) is 2. The van der Waals surface area contributed by atoms with E-state index in [1.54, 1.807) is 0 Å². The predicted molar refractivity (Wildman–Crippen MR) is 138 cm³/mol. The molecule has 4 aromatic carbocycles. The zero-order chi connectivity index (χ0) is 22.5. The number of fused-ring (bicyclic) bond motifs is 3. The van der Waals surface area contributed by atoms with E-state index in [9.17, 15) is 0 Å². The molecule has 1 aliphatic carbocycles. The van der Waals surface area contributed by atoms with Crippen LogP contribution in [-0.4, -0.2) is 13.1 Å². The lowest BCUT2D eigenvalue weighted by atomic mass is 9.86. The van der Waals surface area contributed by atoms with Crippen LogP contribution < -0.4 is 10.6 Å². The lowest BCUT2D eigenvalue weighted by molar-refractivity contribution is 0.573. The molecule has 164 valence electrons. The fraction of sp³-hybridized carbons (Fsp3) is 0.226. The molecule has 3 atom stereocenters. The Bertz CT molecular complexity index is 1350. The second-order valence-corrected chi connectivity index (χ2v) is 9.51. The van der Waals surface area contributed by atoms with Crippen LogP contribution in [0.15, 0.2) is 84.9 Å². The number of hydrogen-bond donors (Lipinski definition) is 2. The molecule has 0 bridgehead atoms. The number of aryl methyl sites for hydroxylation is 2. The van der Waals surface area contributed by atoms with Crippen molar-refractivity contribution < 1.29 is 0 Å². The first-order chi connectivity index (χ1) is 16.2. The topological polar surface area (TPSA) is 34.0 Å². The van der Waals surface area contributed by atoms with Gasteiger partial charge in [-0.3, -0.25) is 0 Å². The van der Waals surface area contributed by atoms with Crippen LogP contribution in [0.4, 0.5) is 0 Å². The zero-order valence-electron chi connectivity index (χ0n) is 19.5. The van der Waals surface area contributed by atoms with Crippen LogP contribution in [0.25, 0.3) is 22.3 Å². The Kier molecular flexibility index (Phi) is 4.94. The minimum absolute atomic E-state index is 0.233. The second-order valence-electron chi connectivity index (χ2n) is 9.51. The molecule has 1 aliphatic heterocycles. The lowest BCUT2D eigenvalue weighted by Gasteiger charge is -2.22. The van der Waals surface area contributed by atoms with Crippen LogP contribution in [0.3, 0.4) is 0 Å². The molecule has 0 saturated carbocycles. The molecule has 33 heavy (non-hydrogen) atoms. The molecular weight excluding hydrogens is 400 g/mol. The van der Waals surface area contributed by atoms with Gasteiger partial charge >= 0.3 is 0 Å². The quantitative estimate of drug-likeness (QED) is 0.311. The van der Waals surface area contributed by atoms with Gasteiger partial charge in [-0.2, -0.15) is 0 Å². The minimum Gasteiger partial charge on any atom is -0.312 e. The maximum Gasteiger partial charge on any atom is 0.0504 e. The van der Waals surface area contributed by atoms with Gasteiger partial charge in [0.1, 0.15) is 0 Å². The maximum atomic E-state index is 3.85. The van der Waals surface area contributed by atoms with Crippen LogP contribution in [0, 0.1) is 13.8 Å². The van der Waals surface area contributed by atoms with Gasteiger partial charge in [-0.1, -0.05) is 84.9 Å². The molecular formula is C31H30N2. The molecule has 1 fully saturated rings. The Morgan fingerprint density at radius 2 is 1.42 bits per heavy atom. The van der Waals surface area contributed by atoms with Crippen molar-refractivity contribution in [2.75, 3.05) is 7.05 Å². The molecule has 1 saturated heterocycles. The van der Waals surface area contributed by atoms with E-state index in [4.69, 9.17) is 0 Å². The maximum absolute atomic E-state index is 3.85. The summed E-state index contributed by atoms with van der Waals surface area (Å²) in [4.78, 5) is 0. The van der Waals surface area contributed by atoms with Crippen molar-refractivity contribution in [3.05, 3.63) is 118 Å². The first-order valence-electron chi connectivity index (χ1n) is 12.0. The summed E-state index contributed by atoms with van der Waals surface area (Å²) in [6, 6.07) is 32.2. The average molecular weight is 431 g/mol. The summed E-state index contributed by atoms with van der Waals surface area (Å²) >= 11 is 0. The summed E-state index contributed by atoms with van der Waals surface area (Å²) in [6.07, 6.45) is 1.04. The van der Waals surface area contributed by atoms with E-state index in [1.807, 2.05) is 0 Å². The van der Waals surface area contributed by atoms with Crippen LogP contribution in [0.1, 0.15) is 45.5 Å². The molecule has 0 radical (unpaired) electrons. The predicted octanol–water partition coefficient (Wildman–Crippen LogP) is 6.52. The van der Waals surface area contributed by atoms with Gasteiger partial charge in [-0.05, 0) is 83.0 Å². The SMILES string of the molecule is CNC(c1cccc(C)c1-c1ccccc1C)C1NC1c1cccc2c1-c1ccccc1C2. The second kappa shape index (κ2) is 7.98. The van der Waals surface area contributed by atoms with E-state index in [2.05, 4.69) is 116 Å². The van der Waals surface area contributed by atoms with Gasteiger partial charge in [-0.25, -0.2) is 0 Å². The van der Waals surface area contributed by atoms with E-state index in [0.29, 0.717) is 12.1 Å². The van der Waals surface area contributed by atoms with E-state index < -0.39 is 0 Å². The molecule has 2 nitrogen and oxygen atoms in total. The van der Waals surface area contributed by atoms with Gasteiger partial charge in [0, 0.05) is 12.1 Å². The minimum atomic E-state index is 0.233. The third kappa shape index (κ3) is 3.33. The van der Waals surface area contributed by atoms with Crippen LogP contribution in [0.2, 0.25) is 0 Å². The summed E-state index contributed by atoms with van der Waals surface area (Å²) in [5, 5.41) is 7.51. The van der Waals surface area contributed by atoms with Crippen molar-refractivity contribution in [1.82, 2.24) is 10.6 Å². The number of likely N-dealkylation sites (N-methyl/N-ethyl adjacent to an activating group) is 1. The molecule has 0 spiro atoms. The standard InChI is InChI=1S/C31H30N2/c1-19-10-4-6-14-23(19)27-20(2)11-8-16-25(27)29(32-3)31-30(33-31)26-17-9-13-22-18-21-12-5-7-15-24(21)28(22)26/h4-17,29-33H,18H2,1-3H3.